The van der Waals surface area contributed by atoms with Gasteiger partial charge in [-0.05, 0) is 38.3 Å². The van der Waals surface area contributed by atoms with Crippen LogP contribution in [0.3, 0.4) is 0 Å². The van der Waals surface area contributed by atoms with Gasteiger partial charge in [-0.15, -0.1) is 0 Å². The van der Waals surface area contributed by atoms with E-state index in [4.69, 9.17) is 5.73 Å². The lowest BCUT2D eigenvalue weighted by Crippen LogP contribution is -2.39. The van der Waals surface area contributed by atoms with Crippen molar-refractivity contribution in [2.45, 2.75) is 38.6 Å². The number of carbonyl (C=O) groups is 1. The predicted molar refractivity (Wildman–Crippen MR) is 64.1 cm³/mol. The molecule has 1 fully saturated rings. The van der Waals surface area contributed by atoms with E-state index in [2.05, 4.69) is 16.6 Å². The van der Waals surface area contributed by atoms with E-state index in [0.29, 0.717) is 6.42 Å². The van der Waals surface area contributed by atoms with Gasteiger partial charge in [0.1, 0.15) is 6.04 Å². The Balaban J connectivity index is 2.17. The van der Waals surface area contributed by atoms with Gasteiger partial charge in [-0.25, -0.2) is 0 Å². The van der Waals surface area contributed by atoms with Crippen molar-refractivity contribution >= 4 is 5.97 Å². The zero-order chi connectivity index (χ0) is 12.0. The van der Waals surface area contributed by atoms with Gasteiger partial charge in [-0.1, -0.05) is 13.3 Å². The highest BCUT2D eigenvalue weighted by atomic mass is 16.5. The fourth-order valence-electron chi connectivity index (χ4n) is 2.21. The van der Waals surface area contributed by atoms with Gasteiger partial charge in [0, 0.05) is 6.54 Å². The molecular formula is C12H24N2O2. The molecule has 0 bridgehead atoms. The zero-order valence-electron chi connectivity index (χ0n) is 10.4. The third-order valence-corrected chi connectivity index (χ3v) is 3.54. The van der Waals surface area contributed by atoms with Crippen molar-refractivity contribution in [3.63, 3.8) is 0 Å². The molecule has 0 aromatic carbocycles. The fraction of sp³-hybridized carbons (Fsp3) is 0.917. The molecule has 4 nitrogen and oxygen atoms in total. The monoisotopic (exact) mass is 228 g/mol. The highest BCUT2D eigenvalue weighted by Gasteiger charge is 2.20. The van der Waals surface area contributed by atoms with Crippen molar-refractivity contribution in [1.82, 2.24) is 4.90 Å². The quantitative estimate of drug-likeness (QED) is 0.713. The van der Waals surface area contributed by atoms with Crippen LogP contribution < -0.4 is 5.73 Å². The molecule has 2 N–H and O–H groups in total. The number of hydrogen-bond donors (Lipinski definition) is 1. The molecule has 1 aliphatic heterocycles. The van der Waals surface area contributed by atoms with E-state index in [9.17, 15) is 4.79 Å². The summed E-state index contributed by atoms with van der Waals surface area (Å²) in [5.74, 6) is 0.592. The number of rotatable bonds is 5. The van der Waals surface area contributed by atoms with Crippen LogP contribution in [0.5, 0.6) is 0 Å². The van der Waals surface area contributed by atoms with Crippen LogP contribution in [0.4, 0.5) is 0 Å². The summed E-state index contributed by atoms with van der Waals surface area (Å²) in [7, 11) is 1.38. The molecule has 4 heteroatoms. The summed E-state index contributed by atoms with van der Waals surface area (Å²) in [4.78, 5) is 13.5. The topological polar surface area (TPSA) is 55.6 Å². The average molecular weight is 228 g/mol. The minimum Gasteiger partial charge on any atom is -0.468 e. The lowest BCUT2D eigenvalue weighted by molar-refractivity contribution is -0.142. The Morgan fingerprint density at radius 3 is 2.62 bits per heavy atom. The molecule has 1 rings (SSSR count). The summed E-state index contributed by atoms with van der Waals surface area (Å²) < 4.78 is 4.60. The van der Waals surface area contributed by atoms with Crippen LogP contribution in [-0.2, 0) is 9.53 Å². The molecule has 1 saturated heterocycles. The molecule has 0 amide bonds. The third-order valence-electron chi connectivity index (χ3n) is 3.54. The number of ether oxygens (including phenoxy) is 1. The Kier molecular flexibility index (Phi) is 5.77. The van der Waals surface area contributed by atoms with E-state index >= 15 is 0 Å². The second-order valence-electron chi connectivity index (χ2n) is 4.61. The molecule has 16 heavy (non-hydrogen) atoms. The maximum atomic E-state index is 11.1. The first-order chi connectivity index (χ1) is 7.67. The molecule has 1 atom stereocenters. The molecule has 94 valence electrons. The fourth-order valence-corrected chi connectivity index (χ4v) is 2.21. The number of methoxy groups -OCH3 is 1. The van der Waals surface area contributed by atoms with Crippen molar-refractivity contribution in [2.75, 3.05) is 26.7 Å². The van der Waals surface area contributed by atoms with Crippen molar-refractivity contribution < 1.29 is 9.53 Å². The standard InChI is InChI=1S/C12H24N2O2/c1-3-10-4-7-14(8-5-10)9-6-11(13)12(15)16-2/h10-11H,3-9,13H2,1-2H3. The third kappa shape index (κ3) is 4.10. The summed E-state index contributed by atoms with van der Waals surface area (Å²) in [6, 6.07) is -0.464. The second-order valence-corrected chi connectivity index (χ2v) is 4.61. The summed E-state index contributed by atoms with van der Waals surface area (Å²) in [5, 5.41) is 0. The molecule has 0 aromatic rings. The molecule has 0 radical (unpaired) electrons. The van der Waals surface area contributed by atoms with E-state index in [1.54, 1.807) is 0 Å². The Hall–Kier alpha value is -0.610. The van der Waals surface area contributed by atoms with Gasteiger partial charge in [0.15, 0.2) is 0 Å². The van der Waals surface area contributed by atoms with Crippen LogP contribution in [-0.4, -0.2) is 43.7 Å². The van der Waals surface area contributed by atoms with E-state index in [-0.39, 0.29) is 5.97 Å². The molecule has 0 aromatic heterocycles. The summed E-state index contributed by atoms with van der Waals surface area (Å²) in [6.45, 7) is 5.46. The molecule has 0 aliphatic carbocycles. The van der Waals surface area contributed by atoms with Crippen LogP contribution in [0.2, 0.25) is 0 Å². The molecular weight excluding hydrogens is 204 g/mol. The summed E-state index contributed by atoms with van der Waals surface area (Å²) >= 11 is 0. The molecule has 1 heterocycles. The van der Waals surface area contributed by atoms with Crippen molar-refractivity contribution in [2.24, 2.45) is 11.7 Å². The van der Waals surface area contributed by atoms with Gasteiger partial charge in [0.25, 0.3) is 0 Å². The Bertz CT molecular complexity index is 213. The van der Waals surface area contributed by atoms with Crippen molar-refractivity contribution in [1.29, 1.82) is 0 Å². The van der Waals surface area contributed by atoms with Crippen LogP contribution >= 0.6 is 0 Å². The Labute approximate surface area is 98.1 Å². The first-order valence-electron chi connectivity index (χ1n) is 6.23. The van der Waals surface area contributed by atoms with Crippen LogP contribution in [0.1, 0.15) is 32.6 Å². The molecule has 1 unspecified atom stereocenters. The smallest absolute Gasteiger partial charge is 0.322 e. The molecule has 1 aliphatic rings. The lowest BCUT2D eigenvalue weighted by atomic mass is 9.94. The maximum absolute atomic E-state index is 11.1. The number of hydrogen-bond acceptors (Lipinski definition) is 4. The number of likely N-dealkylation sites (tertiary alicyclic amines) is 1. The highest BCUT2D eigenvalue weighted by molar-refractivity contribution is 5.75. The van der Waals surface area contributed by atoms with Crippen LogP contribution in [0, 0.1) is 5.92 Å². The first kappa shape index (κ1) is 13.5. The predicted octanol–water partition coefficient (Wildman–Crippen LogP) is 0.999. The maximum Gasteiger partial charge on any atom is 0.322 e. The van der Waals surface area contributed by atoms with Gasteiger partial charge in [0.05, 0.1) is 7.11 Å². The van der Waals surface area contributed by atoms with Gasteiger partial charge in [-0.3, -0.25) is 4.79 Å². The van der Waals surface area contributed by atoms with Crippen molar-refractivity contribution in [3.05, 3.63) is 0 Å². The first-order valence-corrected chi connectivity index (χ1v) is 6.23. The minimum atomic E-state index is -0.464. The largest absolute Gasteiger partial charge is 0.468 e. The van der Waals surface area contributed by atoms with Crippen LogP contribution in [0.25, 0.3) is 0 Å². The Morgan fingerprint density at radius 1 is 1.50 bits per heavy atom. The molecule has 0 saturated carbocycles. The summed E-state index contributed by atoms with van der Waals surface area (Å²) in [5.41, 5.74) is 5.70. The number of esters is 1. The number of nitrogens with zero attached hydrogens (tertiary/aromatic N) is 1. The zero-order valence-corrected chi connectivity index (χ0v) is 10.4. The van der Waals surface area contributed by atoms with Crippen molar-refractivity contribution in [3.8, 4) is 0 Å². The highest BCUT2D eigenvalue weighted by Crippen LogP contribution is 2.19. The number of carbonyl (C=O) groups excluding carboxylic acids is 1. The van der Waals surface area contributed by atoms with Crippen LogP contribution in [0.15, 0.2) is 0 Å². The van der Waals surface area contributed by atoms with Gasteiger partial charge < -0.3 is 15.4 Å². The van der Waals surface area contributed by atoms with E-state index in [1.807, 2.05) is 0 Å². The second kappa shape index (κ2) is 6.86. The Morgan fingerprint density at radius 2 is 2.12 bits per heavy atom. The normalized spacial score (nSPS) is 20.7. The minimum absolute atomic E-state index is 0.302. The van der Waals surface area contributed by atoms with E-state index < -0.39 is 6.04 Å². The van der Waals surface area contributed by atoms with Gasteiger partial charge >= 0.3 is 5.97 Å². The van der Waals surface area contributed by atoms with E-state index in [1.165, 1.54) is 26.4 Å². The van der Waals surface area contributed by atoms with E-state index in [0.717, 1.165) is 25.6 Å². The number of piperidine rings is 1. The van der Waals surface area contributed by atoms with Gasteiger partial charge in [-0.2, -0.15) is 0 Å². The lowest BCUT2D eigenvalue weighted by Gasteiger charge is -2.31. The number of nitrogens with two attached hydrogens (primary N) is 1. The summed E-state index contributed by atoms with van der Waals surface area (Å²) in [6.07, 6.45) is 4.55. The molecule has 0 spiro atoms. The average Bonchev–Trinajstić information content (AvgIpc) is 2.35. The SMILES string of the molecule is CCC1CCN(CCC(N)C(=O)OC)CC1. The van der Waals surface area contributed by atoms with Gasteiger partial charge in [0.2, 0.25) is 0 Å².